The van der Waals surface area contributed by atoms with E-state index in [9.17, 15) is 19.5 Å². The number of aliphatic carboxylic acids is 1. The van der Waals surface area contributed by atoms with Crippen LogP contribution in [-0.2, 0) is 14.3 Å². The van der Waals surface area contributed by atoms with Crippen LogP contribution in [0.15, 0.2) is 48.5 Å². The molecule has 2 aromatic rings. The maximum atomic E-state index is 13.0. The van der Waals surface area contributed by atoms with E-state index in [-0.39, 0.29) is 36.9 Å². The summed E-state index contributed by atoms with van der Waals surface area (Å²) in [5.74, 6) is -1.87. The van der Waals surface area contributed by atoms with E-state index < -0.39 is 23.9 Å². The summed E-state index contributed by atoms with van der Waals surface area (Å²) in [5, 5.41) is 15.1. The summed E-state index contributed by atoms with van der Waals surface area (Å²) in [6, 6.07) is 16.0. The van der Waals surface area contributed by atoms with Crippen LogP contribution in [0.1, 0.15) is 56.6 Å². The van der Waals surface area contributed by atoms with Crippen molar-refractivity contribution in [3.63, 3.8) is 0 Å². The van der Waals surface area contributed by atoms with E-state index in [0.717, 1.165) is 28.7 Å². The van der Waals surface area contributed by atoms with Gasteiger partial charge in [0.2, 0.25) is 5.91 Å². The van der Waals surface area contributed by atoms with Crippen LogP contribution >= 0.6 is 0 Å². The third-order valence-corrected chi connectivity index (χ3v) is 7.12. The number of ether oxygens (including phenoxy) is 1. The molecular formula is C28H34N2O5. The lowest BCUT2D eigenvalue weighted by Gasteiger charge is -2.24. The van der Waals surface area contributed by atoms with E-state index >= 15 is 0 Å². The van der Waals surface area contributed by atoms with Gasteiger partial charge < -0.3 is 20.5 Å². The van der Waals surface area contributed by atoms with E-state index in [1.807, 2.05) is 38.1 Å². The third kappa shape index (κ3) is 5.66. The molecule has 0 aromatic heterocycles. The van der Waals surface area contributed by atoms with Crippen LogP contribution in [0.2, 0.25) is 0 Å². The second-order valence-electron chi connectivity index (χ2n) is 10.0. The number of carboxylic acids is 1. The Morgan fingerprint density at radius 1 is 1.00 bits per heavy atom. The largest absolute Gasteiger partial charge is 0.481 e. The number of amides is 2. The molecule has 0 bridgehead atoms. The first-order valence-corrected chi connectivity index (χ1v) is 12.5. The van der Waals surface area contributed by atoms with Gasteiger partial charge in [0, 0.05) is 18.5 Å². The minimum absolute atomic E-state index is 0.0294. The van der Waals surface area contributed by atoms with Crippen molar-refractivity contribution >= 4 is 18.0 Å². The van der Waals surface area contributed by atoms with Gasteiger partial charge in [0.1, 0.15) is 6.61 Å². The highest BCUT2D eigenvalue weighted by atomic mass is 16.5. The Kier molecular flexibility index (Phi) is 7.73. The van der Waals surface area contributed by atoms with Crippen molar-refractivity contribution in [3.05, 3.63) is 59.7 Å². The predicted molar refractivity (Wildman–Crippen MR) is 133 cm³/mol. The minimum atomic E-state index is -0.870. The van der Waals surface area contributed by atoms with Crippen molar-refractivity contribution in [2.45, 2.75) is 51.5 Å². The maximum Gasteiger partial charge on any atom is 0.407 e. The van der Waals surface area contributed by atoms with Gasteiger partial charge in [-0.3, -0.25) is 9.59 Å². The highest BCUT2D eigenvalue weighted by Crippen LogP contribution is 2.44. The van der Waals surface area contributed by atoms with Gasteiger partial charge in [-0.25, -0.2) is 4.79 Å². The monoisotopic (exact) mass is 478 g/mol. The zero-order valence-electron chi connectivity index (χ0n) is 20.3. The molecule has 2 amide bonds. The molecule has 2 aromatic carbocycles. The molecule has 0 spiro atoms. The third-order valence-electron chi connectivity index (χ3n) is 7.12. The van der Waals surface area contributed by atoms with Crippen LogP contribution < -0.4 is 10.6 Å². The Balaban J connectivity index is 1.34. The fraction of sp³-hybridized carbons (Fsp3) is 0.464. The van der Waals surface area contributed by atoms with Crippen molar-refractivity contribution < 1.29 is 24.2 Å². The standard InChI is InChI=1S/C28H34N2O5/c1-17(2)14-18(26(31)30-25-13-7-12-23(25)27(32)33)15-29-28(34)35-16-24-21-10-5-3-8-19(21)20-9-4-6-11-22(20)24/h3-6,8-11,17-18,23-25H,7,12-16H2,1-2H3,(H,29,34)(H,30,31)(H,32,33)/t18?,23-,25+/m0/s1. The molecular weight excluding hydrogens is 444 g/mol. The molecule has 186 valence electrons. The molecule has 1 unspecified atom stereocenters. The first-order valence-electron chi connectivity index (χ1n) is 12.5. The number of carboxylic acid groups (broad SMARTS) is 1. The fourth-order valence-electron chi connectivity index (χ4n) is 5.44. The summed E-state index contributed by atoms with van der Waals surface area (Å²) in [4.78, 5) is 37.0. The van der Waals surface area contributed by atoms with Crippen molar-refractivity contribution in [1.82, 2.24) is 10.6 Å². The molecule has 7 heteroatoms. The number of alkyl carbamates (subject to hydrolysis) is 1. The molecule has 0 aliphatic heterocycles. The first kappa shape index (κ1) is 24.8. The molecule has 0 radical (unpaired) electrons. The second kappa shape index (κ2) is 10.9. The number of hydrogen-bond acceptors (Lipinski definition) is 4. The number of benzene rings is 2. The van der Waals surface area contributed by atoms with Crippen molar-refractivity contribution in [2.75, 3.05) is 13.2 Å². The second-order valence-corrected chi connectivity index (χ2v) is 10.0. The summed E-state index contributed by atoms with van der Waals surface area (Å²) >= 11 is 0. The Hall–Kier alpha value is -3.35. The lowest BCUT2D eigenvalue weighted by molar-refractivity contribution is -0.142. The van der Waals surface area contributed by atoms with Gasteiger partial charge in [-0.2, -0.15) is 0 Å². The number of fused-ring (bicyclic) bond motifs is 3. The SMILES string of the molecule is CC(C)CC(CNC(=O)OCC1c2ccccc2-c2ccccc21)C(=O)N[C@@H]1CCC[C@@H]1C(=O)O. The molecule has 1 fully saturated rings. The zero-order valence-corrected chi connectivity index (χ0v) is 20.3. The molecule has 3 N–H and O–H groups in total. The molecule has 1 saturated carbocycles. The van der Waals surface area contributed by atoms with Gasteiger partial charge in [-0.15, -0.1) is 0 Å². The average Bonchev–Trinajstić information content (AvgIpc) is 3.43. The number of carbonyl (C=O) groups excluding carboxylic acids is 2. The normalized spacial score (nSPS) is 19.6. The number of nitrogens with one attached hydrogen (secondary N) is 2. The van der Waals surface area contributed by atoms with Gasteiger partial charge in [0.25, 0.3) is 0 Å². The topological polar surface area (TPSA) is 105 Å². The van der Waals surface area contributed by atoms with Crippen LogP contribution in [0.4, 0.5) is 4.79 Å². The maximum absolute atomic E-state index is 13.0. The van der Waals surface area contributed by atoms with Gasteiger partial charge in [-0.1, -0.05) is 68.8 Å². The smallest absolute Gasteiger partial charge is 0.407 e. The Bertz CT molecular complexity index is 1040. The minimum Gasteiger partial charge on any atom is -0.481 e. The quantitative estimate of drug-likeness (QED) is 0.490. The summed E-state index contributed by atoms with van der Waals surface area (Å²) in [6.45, 7) is 4.39. The van der Waals surface area contributed by atoms with E-state index in [2.05, 4.69) is 34.9 Å². The highest BCUT2D eigenvalue weighted by Gasteiger charge is 2.35. The van der Waals surface area contributed by atoms with E-state index in [1.165, 1.54) is 0 Å². The van der Waals surface area contributed by atoms with Crippen LogP contribution in [0.3, 0.4) is 0 Å². The van der Waals surface area contributed by atoms with Crippen LogP contribution in [0, 0.1) is 17.8 Å². The summed E-state index contributed by atoms with van der Waals surface area (Å²) < 4.78 is 5.60. The van der Waals surface area contributed by atoms with Gasteiger partial charge in [-0.05, 0) is 47.4 Å². The van der Waals surface area contributed by atoms with Crippen LogP contribution in [0.25, 0.3) is 11.1 Å². The van der Waals surface area contributed by atoms with Crippen LogP contribution in [0.5, 0.6) is 0 Å². The van der Waals surface area contributed by atoms with Gasteiger partial charge >= 0.3 is 12.1 Å². The van der Waals surface area contributed by atoms with Crippen LogP contribution in [-0.4, -0.2) is 42.3 Å². The number of hydrogen-bond donors (Lipinski definition) is 3. The lowest BCUT2D eigenvalue weighted by Crippen LogP contribution is -2.46. The number of rotatable bonds is 9. The van der Waals surface area contributed by atoms with E-state index in [1.54, 1.807) is 0 Å². The Morgan fingerprint density at radius 3 is 2.23 bits per heavy atom. The lowest BCUT2D eigenvalue weighted by atomic mass is 9.95. The highest BCUT2D eigenvalue weighted by molar-refractivity contribution is 5.81. The molecule has 3 atom stereocenters. The predicted octanol–water partition coefficient (Wildman–Crippen LogP) is 4.56. The fourth-order valence-corrected chi connectivity index (χ4v) is 5.44. The molecule has 0 heterocycles. The van der Waals surface area contributed by atoms with Gasteiger partial charge in [0.15, 0.2) is 0 Å². The van der Waals surface area contributed by atoms with E-state index in [0.29, 0.717) is 19.3 Å². The van der Waals surface area contributed by atoms with Crippen molar-refractivity contribution in [1.29, 1.82) is 0 Å². The summed E-state index contributed by atoms with van der Waals surface area (Å²) in [7, 11) is 0. The summed E-state index contributed by atoms with van der Waals surface area (Å²) in [6.07, 6.45) is 2.05. The van der Waals surface area contributed by atoms with Gasteiger partial charge in [0.05, 0.1) is 11.8 Å². The van der Waals surface area contributed by atoms with Crippen molar-refractivity contribution in [2.24, 2.45) is 17.8 Å². The number of carbonyl (C=O) groups is 3. The van der Waals surface area contributed by atoms with Crippen molar-refractivity contribution in [3.8, 4) is 11.1 Å². The Morgan fingerprint density at radius 2 is 1.63 bits per heavy atom. The molecule has 2 aliphatic carbocycles. The van der Waals surface area contributed by atoms with E-state index in [4.69, 9.17) is 4.74 Å². The Labute approximate surface area is 206 Å². The molecule has 35 heavy (non-hydrogen) atoms. The molecule has 7 nitrogen and oxygen atoms in total. The molecule has 2 aliphatic rings. The first-order chi connectivity index (χ1) is 16.8. The average molecular weight is 479 g/mol. The molecule has 0 saturated heterocycles. The zero-order chi connectivity index (χ0) is 24.9. The molecule has 4 rings (SSSR count). The summed E-state index contributed by atoms with van der Waals surface area (Å²) in [5.41, 5.74) is 4.61.